The van der Waals surface area contributed by atoms with Crippen molar-refractivity contribution in [2.75, 3.05) is 13.2 Å². The second-order valence-electron chi connectivity index (χ2n) is 6.49. The number of carbonyl (C=O) groups is 1. The predicted octanol–water partition coefficient (Wildman–Crippen LogP) is 5.48. The summed E-state index contributed by atoms with van der Waals surface area (Å²) in [6.45, 7) is 5.71. The fourth-order valence-electron chi connectivity index (χ4n) is 2.68. The van der Waals surface area contributed by atoms with Gasteiger partial charge in [-0.05, 0) is 56.4 Å². The highest BCUT2D eigenvalue weighted by Crippen LogP contribution is 2.13. The molecule has 0 saturated heterocycles. The number of carbonyl (C=O) groups excluding carboxylic acids is 1. The van der Waals surface area contributed by atoms with Crippen LogP contribution in [0.15, 0.2) is 24.3 Å². The summed E-state index contributed by atoms with van der Waals surface area (Å²) in [6.07, 6.45) is 10.5. The van der Waals surface area contributed by atoms with E-state index in [1.165, 1.54) is 31.4 Å². The van der Waals surface area contributed by atoms with Gasteiger partial charge in [0, 0.05) is 6.61 Å². The number of aromatic hydroxyl groups is 1. The van der Waals surface area contributed by atoms with Crippen LogP contribution in [0.3, 0.4) is 0 Å². The average molecular weight is 350 g/mol. The molecule has 0 bridgehead atoms. The normalized spacial score (nSPS) is 12.1. The first-order valence-corrected chi connectivity index (χ1v) is 9.75. The molecule has 0 aliphatic rings. The third-order valence-corrected chi connectivity index (χ3v) is 4.31. The lowest BCUT2D eigenvalue weighted by Crippen LogP contribution is -2.13. The highest BCUT2D eigenvalue weighted by molar-refractivity contribution is 5.89. The van der Waals surface area contributed by atoms with E-state index in [0.29, 0.717) is 18.3 Å². The van der Waals surface area contributed by atoms with Crippen LogP contribution in [0.2, 0.25) is 0 Å². The van der Waals surface area contributed by atoms with Crippen molar-refractivity contribution in [3.8, 4) is 5.75 Å². The molecule has 0 radical (unpaired) electrons. The van der Waals surface area contributed by atoms with Crippen LogP contribution in [0.5, 0.6) is 5.75 Å². The highest BCUT2D eigenvalue weighted by atomic mass is 16.5. The summed E-state index contributed by atoms with van der Waals surface area (Å²) in [4.78, 5) is 11.8. The lowest BCUT2D eigenvalue weighted by Gasteiger charge is -2.16. The molecule has 0 saturated carbocycles. The van der Waals surface area contributed by atoms with E-state index in [-0.39, 0.29) is 11.7 Å². The third-order valence-electron chi connectivity index (χ3n) is 4.31. The Morgan fingerprint density at radius 3 is 2.32 bits per heavy atom. The van der Waals surface area contributed by atoms with Gasteiger partial charge in [0.25, 0.3) is 0 Å². The van der Waals surface area contributed by atoms with E-state index >= 15 is 0 Å². The molecule has 0 amide bonds. The van der Waals surface area contributed by atoms with Crippen LogP contribution in [-0.4, -0.2) is 30.4 Å². The number of hydrogen-bond acceptors (Lipinski definition) is 4. The smallest absolute Gasteiger partial charge is 0.338 e. The van der Waals surface area contributed by atoms with Gasteiger partial charge < -0.3 is 14.6 Å². The summed E-state index contributed by atoms with van der Waals surface area (Å²) >= 11 is 0. The first-order chi connectivity index (χ1) is 12.2. The molecule has 0 aliphatic heterocycles. The fraction of sp³-hybridized carbons (Fsp3) is 0.667. The number of ether oxygens (including phenoxy) is 2. The fourth-order valence-corrected chi connectivity index (χ4v) is 2.68. The summed E-state index contributed by atoms with van der Waals surface area (Å²) in [5, 5.41) is 9.21. The van der Waals surface area contributed by atoms with E-state index in [9.17, 15) is 9.90 Å². The molecular formula is C21H34O4. The molecular weight excluding hydrogens is 316 g/mol. The molecule has 4 nitrogen and oxygen atoms in total. The van der Waals surface area contributed by atoms with Gasteiger partial charge in [0.2, 0.25) is 0 Å². The molecule has 1 rings (SSSR count). The predicted molar refractivity (Wildman–Crippen MR) is 101 cm³/mol. The van der Waals surface area contributed by atoms with Crippen molar-refractivity contribution >= 4 is 5.97 Å². The summed E-state index contributed by atoms with van der Waals surface area (Å²) in [6, 6.07) is 6.12. The summed E-state index contributed by atoms with van der Waals surface area (Å²) in [7, 11) is 0. The van der Waals surface area contributed by atoms with Crippen LogP contribution in [0, 0.1) is 0 Å². The maximum Gasteiger partial charge on any atom is 0.338 e. The van der Waals surface area contributed by atoms with Gasteiger partial charge in [0.15, 0.2) is 0 Å². The van der Waals surface area contributed by atoms with E-state index in [4.69, 9.17) is 9.47 Å². The first-order valence-electron chi connectivity index (χ1n) is 9.75. The van der Waals surface area contributed by atoms with Crippen molar-refractivity contribution in [1.82, 2.24) is 0 Å². The Bertz CT molecular complexity index is 455. The van der Waals surface area contributed by atoms with Gasteiger partial charge in [-0.25, -0.2) is 4.79 Å². The minimum atomic E-state index is -0.332. The molecule has 1 N–H and O–H groups in total. The maximum absolute atomic E-state index is 11.8. The molecule has 1 unspecified atom stereocenters. The first kappa shape index (κ1) is 21.5. The number of hydrogen-bond donors (Lipinski definition) is 1. The largest absolute Gasteiger partial charge is 0.508 e. The molecule has 4 heteroatoms. The molecule has 1 aromatic carbocycles. The van der Waals surface area contributed by atoms with E-state index in [1.54, 1.807) is 12.1 Å². The molecule has 1 aromatic rings. The topological polar surface area (TPSA) is 55.8 Å². The zero-order valence-electron chi connectivity index (χ0n) is 15.8. The van der Waals surface area contributed by atoms with E-state index in [1.807, 2.05) is 0 Å². The number of rotatable bonds is 14. The van der Waals surface area contributed by atoms with Crippen LogP contribution in [-0.2, 0) is 9.47 Å². The molecule has 0 aliphatic carbocycles. The van der Waals surface area contributed by atoms with Gasteiger partial charge in [-0.2, -0.15) is 0 Å². The maximum atomic E-state index is 11.8. The number of phenols is 1. The summed E-state index contributed by atoms with van der Waals surface area (Å²) < 4.78 is 11.2. The lowest BCUT2D eigenvalue weighted by molar-refractivity contribution is 0.0391. The quantitative estimate of drug-likeness (QED) is 0.356. The van der Waals surface area contributed by atoms with Gasteiger partial charge in [-0.15, -0.1) is 0 Å². The van der Waals surface area contributed by atoms with Crippen LogP contribution in [0.1, 0.15) is 82.0 Å². The summed E-state index contributed by atoms with van der Waals surface area (Å²) in [5.41, 5.74) is 0.473. The molecule has 25 heavy (non-hydrogen) atoms. The van der Waals surface area contributed by atoms with Crippen molar-refractivity contribution in [2.45, 2.75) is 77.7 Å². The zero-order chi connectivity index (χ0) is 18.3. The molecule has 0 spiro atoms. The van der Waals surface area contributed by atoms with Crippen LogP contribution >= 0.6 is 0 Å². The number of benzene rings is 1. The van der Waals surface area contributed by atoms with Crippen LogP contribution in [0.25, 0.3) is 0 Å². The monoisotopic (exact) mass is 350 g/mol. The molecule has 142 valence electrons. The molecule has 1 atom stereocenters. The van der Waals surface area contributed by atoms with Gasteiger partial charge in [0.05, 0.1) is 18.3 Å². The van der Waals surface area contributed by atoms with Crippen molar-refractivity contribution < 1.29 is 19.4 Å². The summed E-state index contributed by atoms with van der Waals surface area (Å²) in [5.74, 6) is -0.184. The Balaban J connectivity index is 2.04. The number of esters is 1. The Kier molecular flexibility index (Phi) is 11.8. The van der Waals surface area contributed by atoms with Crippen molar-refractivity contribution in [1.29, 1.82) is 0 Å². The third kappa shape index (κ3) is 10.1. The Morgan fingerprint density at radius 2 is 1.64 bits per heavy atom. The Labute approximate surface area is 152 Å². The SMILES string of the molecule is CCCCCCOC(CC)CCCCCOC(=O)c1ccc(O)cc1. The van der Waals surface area contributed by atoms with Crippen molar-refractivity contribution in [3.63, 3.8) is 0 Å². The standard InChI is InChI=1S/C21H34O4/c1-3-5-6-9-16-24-20(4-2)11-8-7-10-17-25-21(23)18-12-14-19(22)15-13-18/h12-15,20,22H,3-11,16-17H2,1-2H3. The van der Waals surface area contributed by atoms with E-state index in [0.717, 1.165) is 45.1 Å². The number of phenolic OH excluding ortho intramolecular Hbond substituents is 1. The van der Waals surface area contributed by atoms with Crippen molar-refractivity contribution in [2.24, 2.45) is 0 Å². The van der Waals surface area contributed by atoms with Crippen LogP contribution in [0.4, 0.5) is 0 Å². The highest BCUT2D eigenvalue weighted by Gasteiger charge is 2.08. The molecule has 0 fully saturated rings. The van der Waals surface area contributed by atoms with E-state index < -0.39 is 0 Å². The lowest BCUT2D eigenvalue weighted by atomic mass is 10.1. The second-order valence-corrected chi connectivity index (χ2v) is 6.49. The zero-order valence-corrected chi connectivity index (χ0v) is 15.8. The van der Waals surface area contributed by atoms with Crippen molar-refractivity contribution in [3.05, 3.63) is 29.8 Å². The molecule has 0 aromatic heterocycles. The Hall–Kier alpha value is -1.55. The van der Waals surface area contributed by atoms with Gasteiger partial charge in [-0.3, -0.25) is 0 Å². The molecule has 0 heterocycles. The number of unbranched alkanes of at least 4 members (excludes halogenated alkanes) is 5. The van der Waals surface area contributed by atoms with E-state index in [2.05, 4.69) is 13.8 Å². The Morgan fingerprint density at radius 1 is 0.960 bits per heavy atom. The average Bonchev–Trinajstić information content (AvgIpc) is 2.63. The minimum Gasteiger partial charge on any atom is -0.508 e. The second kappa shape index (κ2) is 13.7. The minimum absolute atomic E-state index is 0.148. The van der Waals surface area contributed by atoms with Crippen LogP contribution < -0.4 is 0 Å². The van der Waals surface area contributed by atoms with Gasteiger partial charge in [-0.1, -0.05) is 39.5 Å². The van der Waals surface area contributed by atoms with Gasteiger partial charge >= 0.3 is 5.97 Å². The van der Waals surface area contributed by atoms with Gasteiger partial charge in [0.1, 0.15) is 5.75 Å².